The van der Waals surface area contributed by atoms with E-state index in [1.54, 1.807) is 15.6 Å². The normalized spacial score (nSPS) is 18.8. The minimum Gasteiger partial charge on any atom is -0.444 e. The maximum atomic E-state index is 12.3. The highest BCUT2D eigenvalue weighted by molar-refractivity contribution is 6.29. The zero-order chi connectivity index (χ0) is 17.5. The summed E-state index contributed by atoms with van der Waals surface area (Å²) in [5.41, 5.74) is 6.66. The molecule has 130 valence electrons. The van der Waals surface area contributed by atoms with E-state index in [1.807, 2.05) is 20.8 Å². The van der Waals surface area contributed by atoms with Gasteiger partial charge in [0.2, 0.25) is 0 Å². The second-order valence-electron chi connectivity index (χ2n) is 6.95. The van der Waals surface area contributed by atoms with Gasteiger partial charge in [0.25, 0.3) is 0 Å². The van der Waals surface area contributed by atoms with Crippen LogP contribution in [0.4, 0.5) is 10.6 Å². The minimum absolute atomic E-state index is 0.00802. The molecule has 1 amide bonds. The van der Waals surface area contributed by atoms with E-state index in [2.05, 4.69) is 15.3 Å². The summed E-state index contributed by atoms with van der Waals surface area (Å²) in [7, 11) is 0. The maximum Gasteiger partial charge on any atom is 0.410 e. The molecule has 3 heterocycles. The van der Waals surface area contributed by atoms with Gasteiger partial charge in [-0.25, -0.2) is 4.79 Å². The number of halogens is 1. The van der Waals surface area contributed by atoms with Crippen LogP contribution in [0.5, 0.6) is 0 Å². The number of carbonyl (C=O) groups is 1. The molecule has 0 saturated carbocycles. The lowest BCUT2D eigenvalue weighted by Gasteiger charge is -2.34. The number of fused-ring (bicyclic) bond motifs is 1. The average Bonchev–Trinajstić information content (AvgIpc) is 2.82. The molecule has 0 radical (unpaired) electrons. The fourth-order valence-corrected chi connectivity index (χ4v) is 3.00. The molecule has 8 nitrogen and oxygen atoms in total. The third-order valence-electron chi connectivity index (χ3n) is 3.84. The SMILES string of the molecule is CC(C)(C)OC(=O)N1CCCC(n2nc(N)c3nnc(Cl)cc32)C1. The van der Waals surface area contributed by atoms with Gasteiger partial charge in [-0.1, -0.05) is 11.6 Å². The van der Waals surface area contributed by atoms with Crippen LogP contribution in [0.25, 0.3) is 11.0 Å². The molecule has 9 heteroatoms. The summed E-state index contributed by atoms with van der Waals surface area (Å²) in [5, 5.41) is 12.5. The van der Waals surface area contributed by atoms with Gasteiger partial charge >= 0.3 is 6.09 Å². The van der Waals surface area contributed by atoms with Gasteiger partial charge < -0.3 is 15.4 Å². The average molecular weight is 353 g/mol. The van der Waals surface area contributed by atoms with Gasteiger partial charge in [-0.05, 0) is 33.6 Å². The number of anilines is 1. The number of nitrogen functional groups attached to an aromatic ring is 1. The first-order valence-electron chi connectivity index (χ1n) is 7.89. The Morgan fingerprint density at radius 2 is 2.17 bits per heavy atom. The molecule has 2 aromatic rings. The molecular weight excluding hydrogens is 332 g/mol. The van der Waals surface area contributed by atoms with Crippen molar-refractivity contribution in [3.63, 3.8) is 0 Å². The number of piperidine rings is 1. The number of nitrogens with two attached hydrogens (primary N) is 1. The van der Waals surface area contributed by atoms with Crippen LogP contribution in [-0.4, -0.2) is 49.7 Å². The van der Waals surface area contributed by atoms with Gasteiger partial charge in [0.1, 0.15) is 5.60 Å². The highest BCUT2D eigenvalue weighted by atomic mass is 35.5. The molecule has 2 aromatic heterocycles. The second-order valence-corrected chi connectivity index (χ2v) is 7.34. The lowest BCUT2D eigenvalue weighted by Crippen LogP contribution is -2.43. The third-order valence-corrected chi connectivity index (χ3v) is 4.03. The Hall–Kier alpha value is -2.09. The van der Waals surface area contributed by atoms with Crippen molar-refractivity contribution >= 4 is 34.5 Å². The van der Waals surface area contributed by atoms with E-state index in [-0.39, 0.29) is 17.3 Å². The Bertz CT molecular complexity index is 769. The summed E-state index contributed by atoms with van der Waals surface area (Å²) in [5.74, 6) is 0.309. The zero-order valence-corrected chi connectivity index (χ0v) is 14.7. The van der Waals surface area contributed by atoms with Crippen molar-refractivity contribution in [2.75, 3.05) is 18.8 Å². The van der Waals surface area contributed by atoms with Crippen LogP contribution >= 0.6 is 11.6 Å². The molecule has 0 bridgehead atoms. The standard InChI is InChI=1S/C15H21ClN6O2/c1-15(2,3)24-14(23)21-6-4-5-9(8-21)22-10-7-11(16)18-19-12(10)13(17)20-22/h7,9H,4-6,8H2,1-3H3,(H2,17,20). The van der Waals surface area contributed by atoms with E-state index in [1.165, 1.54) is 0 Å². The van der Waals surface area contributed by atoms with Gasteiger partial charge in [0.05, 0.1) is 11.6 Å². The molecular formula is C15H21ClN6O2. The highest BCUT2D eigenvalue weighted by Gasteiger charge is 2.30. The van der Waals surface area contributed by atoms with Crippen molar-refractivity contribution in [1.29, 1.82) is 0 Å². The Morgan fingerprint density at radius 1 is 1.42 bits per heavy atom. The summed E-state index contributed by atoms with van der Waals surface area (Å²) in [6, 6.07) is 1.69. The zero-order valence-electron chi connectivity index (χ0n) is 14.0. The number of nitrogens with zero attached hydrogens (tertiary/aromatic N) is 5. The molecule has 0 aromatic carbocycles. The van der Waals surface area contributed by atoms with E-state index < -0.39 is 5.60 Å². The van der Waals surface area contributed by atoms with Crippen LogP contribution in [0.3, 0.4) is 0 Å². The predicted octanol–water partition coefficient (Wildman–Crippen LogP) is 2.63. The molecule has 0 spiro atoms. The topological polar surface area (TPSA) is 99.2 Å². The van der Waals surface area contributed by atoms with Crippen LogP contribution in [0.2, 0.25) is 5.15 Å². The van der Waals surface area contributed by atoms with Crippen molar-refractivity contribution in [3.05, 3.63) is 11.2 Å². The molecule has 1 atom stereocenters. The quantitative estimate of drug-likeness (QED) is 0.846. The van der Waals surface area contributed by atoms with Gasteiger partial charge in [0.15, 0.2) is 16.5 Å². The maximum absolute atomic E-state index is 12.3. The molecule has 0 aliphatic carbocycles. The largest absolute Gasteiger partial charge is 0.444 e. The predicted molar refractivity (Wildman–Crippen MR) is 90.8 cm³/mol. The van der Waals surface area contributed by atoms with Crippen molar-refractivity contribution < 1.29 is 9.53 Å². The van der Waals surface area contributed by atoms with Crippen molar-refractivity contribution in [2.24, 2.45) is 0 Å². The molecule has 1 aliphatic heterocycles. The van der Waals surface area contributed by atoms with Crippen molar-refractivity contribution in [1.82, 2.24) is 24.9 Å². The molecule has 1 saturated heterocycles. The van der Waals surface area contributed by atoms with E-state index in [9.17, 15) is 4.79 Å². The lowest BCUT2D eigenvalue weighted by molar-refractivity contribution is 0.0169. The van der Waals surface area contributed by atoms with Crippen LogP contribution in [-0.2, 0) is 4.74 Å². The summed E-state index contributed by atoms with van der Waals surface area (Å²) in [6.07, 6.45) is 1.43. The lowest BCUT2D eigenvalue weighted by atomic mass is 10.1. The minimum atomic E-state index is -0.518. The van der Waals surface area contributed by atoms with Crippen LogP contribution < -0.4 is 5.73 Å². The number of hydrogen-bond donors (Lipinski definition) is 1. The molecule has 1 aliphatic rings. The molecule has 1 unspecified atom stereocenters. The Balaban J connectivity index is 1.85. The fraction of sp³-hybridized carbons (Fsp3) is 0.600. The molecule has 24 heavy (non-hydrogen) atoms. The van der Waals surface area contributed by atoms with E-state index >= 15 is 0 Å². The van der Waals surface area contributed by atoms with Gasteiger partial charge in [-0.15, -0.1) is 10.2 Å². The summed E-state index contributed by atoms with van der Waals surface area (Å²) in [6.45, 7) is 6.74. The first-order chi connectivity index (χ1) is 11.2. The van der Waals surface area contributed by atoms with Crippen LogP contribution in [0, 0.1) is 0 Å². The van der Waals surface area contributed by atoms with Crippen molar-refractivity contribution in [2.45, 2.75) is 45.3 Å². The Kier molecular flexibility index (Phi) is 4.25. The third kappa shape index (κ3) is 3.38. The van der Waals surface area contributed by atoms with Gasteiger partial charge in [0, 0.05) is 19.2 Å². The van der Waals surface area contributed by atoms with Crippen LogP contribution in [0.1, 0.15) is 39.7 Å². The molecule has 3 rings (SSSR count). The Labute approximate surface area is 144 Å². The summed E-state index contributed by atoms with van der Waals surface area (Å²) in [4.78, 5) is 14.0. The fourth-order valence-electron chi connectivity index (χ4n) is 2.86. The van der Waals surface area contributed by atoms with Gasteiger partial charge in [-0.3, -0.25) is 4.68 Å². The molecule has 2 N–H and O–H groups in total. The van der Waals surface area contributed by atoms with Crippen molar-refractivity contribution in [3.8, 4) is 0 Å². The number of rotatable bonds is 1. The number of carbonyl (C=O) groups excluding carboxylic acids is 1. The monoisotopic (exact) mass is 352 g/mol. The van der Waals surface area contributed by atoms with E-state index in [0.29, 0.717) is 24.4 Å². The molecule has 1 fully saturated rings. The smallest absolute Gasteiger partial charge is 0.410 e. The number of ether oxygens (including phenoxy) is 1. The van der Waals surface area contributed by atoms with E-state index in [0.717, 1.165) is 18.4 Å². The number of aromatic nitrogens is 4. The Morgan fingerprint density at radius 3 is 2.88 bits per heavy atom. The second kappa shape index (κ2) is 6.08. The summed E-state index contributed by atoms with van der Waals surface area (Å²) < 4.78 is 7.26. The van der Waals surface area contributed by atoms with E-state index in [4.69, 9.17) is 22.1 Å². The van der Waals surface area contributed by atoms with Gasteiger partial charge in [-0.2, -0.15) is 5.10 Å². The highest BCUT2D eigenvalue weighted by Crippen LogP contribution is 2.28. The number of likely N-dealkylation sites (tertiary alicyclic amines) is 1. The number of amides is 1. The first-order valence-corrected chi connectivity index (χ1v) is 8.27. The van der Waals surface area contributed by atoms with Crippen LogP contribution in [0.15, 0.2) is 6.07 Å². The first kappa shape index (κ1) is 16.8. The summed E-state index contributed by atoms with van der Waals surface area (Å²) >= 11 is 5.95. The number of hydrogen-bond acceptors (Lipinski definition) is 6.